The first-order valence-corrected chi connectivity index (χ1v) is 17.1. The van der Waals surface area contributed by atoms with E-state index in [4.69, 9.17) is 0 Å². The zero-order valence-corrected chi connectivity index (χ0v) is 27.6. The molecule has 2 amide bonds. The van der Waals surface area contributed by atoms with Crippen molar-refractivity contribution in [2.75, 3.05) is 26.2 Å². The molecule has 3 heterocycles. The lowest BCUT2D eigenvalue weighted by atomic mass is 9.60. The van der Waals surface area contributed by atoms with Gasteiger partial charge in [-0.3, -0.25) is 14.6 Å². The molecule has 2 saturated carbocycles. The molecule has 0 bridgehead atoms. The Morgan fingerprint density at radius 2 is 1.58 bits per heavy atom. The molecule has 252 valence electrons. The van der Waals surface area contributed by atoms with Gasteiger partial charge in [0, 0.05) is 56.8 Å². The number of nitrogens with zero attached hydrogens (tertiary/aromatic N) is 2. The molecule has 2 atom stereocenters. The summed E-state index contributed by atoms with van der Waals surface area (Å²) >= 11 is 0. The van der Waals surface area contributed by atoms with Gasteiger partial charge in [-0.15, -0.1) is 0 Å². The Kier molecular flexibility index (Phi) is 8.47. The fraction of sp³-hybridized carbons (Fsp3) is 0.462. The van der Waals surface area contributed by atoms with Crippen molar-refractivity contribution >= 4 is 17.4 Å². The summed E-state index contributed by atoms with van der Waals surface area (Å²) in [5.41, 5.74) is 6.43. The fourth-order valence-corrected chi connectivity index (χ4v) is 8.24. The molecule has 4 aliphatic rings. The molecule has 1 unspecified atom stereocenters. The summed E-state index contributed by atoms with van der Waals surface area (Å²) in [7, 11) is 0. The highest BCUT2D eigenvalue weighted by atomic mass is 19.3. The van der Waals surface area contributed by atoms with Gasteiger partial charge in [0.05, 0.1) is 17.0 Å². The van der Waals surface area contributed by atoms with Crippen molar-refractivity contribution in [2.45, 2.75) is 76.7 Å². The lowest BCUT2D eigenvalue weighted by Crippen LogP contribution is -2.58. The Morgan fingerprint density at radius 1 is 0.938 bits per heavy atom. The average Bonchev–Trinajstić information content (AvgIpc) is 3.35. The molecule has 2 saturated heterocycles. The van der Waals surface area contributed by atoms with E-state index in [1.807, 2.05) is 37.3 Å². The summed E-state index contributed by atoms with van der Waals surface area (Å²) in [6, 6.07) is 16.6. The summed E-state index contributed by atoms with van der Waals surface area (Å²) in [5, 5.41) is 6.50. The molecule has 1 spiro atoms. The highest BCUT2D eigenvalue weighted by Gasteiger charge is 2.52. The minimum atomic E-state index is -2.77. The van der Waals surface area contributed by atoms with E-state index in [1.165, 1.54) is 23.3 Å². The molecule has 2 N–H and O–H groups in total. The van der Waals surface area contributed by atoms with Crippen LogP contribution in [0.15, 0.2) is 72.6 Å². The third kappa shape index (κ3) is 6.41. The molecule has 6 nitrogen and oxygen atoms in total. The van der Waals surface area contributed by atoms with Crippen molar-refractivity contribution in [2.24, 2.45) is 10.8 Å². The van der Waals surface area contributed by atoms with Crippen molar-refractivity contribution in [3.63, 3.8) is 0 Å². The van der Waals surface area contributed by atoms with E-state index < -0.39 is 11.3 Å². The standard InChI is InChI=1S/C39H43F3N4O2/c1-25(26-3-5-28(6-4-26)34(29-7-9-33(40)10-8-29)32-18-38(19-32)23-44-24-38)45-35(47)31-17-30(20-43-21-31)27-11-15-46(16-12-27)36(48)37(2)13-14-39(41,42)22-37/h3-10,17,20-21,25,27,44H,11-16,18-19,22-24H2,1-2H3,(H,45,47)/t25-,37?/m1/s1. The molecule has 9 heteroatoms. The minimum Gasteiger partial charge on any atom is -0.345 e. The van der Waals surface area contributed by atoms with Gasteiger partial charge in [0.15, 0.2) is 0 Å². The number of pyridine rings is 1. The molecule has 7 rings (SSSR count). The second kappa shape index (κ2) is 12.5. The summed E-state index contributed by atoms with van der Waals surface area (Å²) in [6.45, 7) is 6.73. The number of amides is 2. The van der Waals surface area contributed by atoms with Gasteiger partial charge in [0.2, 0.25) is 11.8 Å². The second-order valence-corrected chi connectivity index (χ2v) is 14.9. The van der Waals surface area contributed by atoms with Gasteiger partial charge in [-0.2, -0.15) is 0 Å². The number of piperidine rings is 1. The van der Waals surface area contributed by atoms with Crippen molar-refractivity contribution in [1.82, 2.24) is 20.5 Å². The average molecular weight is 657 g/mol. The summed E-state index contributed by atoms with van der Waals surface area (Å²) in [4.78, 5) is 32.6. The van der Waals surface area contributed by atoms with Crippen LogP contribution in [0.4, 0.5) is 13.2 Å². The zero-order chi connectivity index (χ0) is 33.7. The number of allylic oxidation sites excluding steroid dienone is 1. The zero-order valence-electron chi connectivity index (χ0n) is 27.6. The van der Waals surface area contributed by atoms with Gasteiger partial charge in [-0.25, -0.2) is 13.2 Å². The Labute approximate surface area is 280 Å². The van der Waals surface area contributed by atoms with Crippen LogP contribution in [-0.4, -0.2) is 53.8 Å². The molecule has 2 aliphatic carbocycles. The number of benzene rings is 2. The topological polar surface area (TPSA) is 74.3 Å². The van der Waals surface area contributed by atoms with Gasteiger partial charge in [-0.1, -0.05) is 48.9 Å². The highest BCUT2D eigenvalue weighted by Crippen LogP contribution is 2.52. The Balaban J connectivity index is 0.983. The van der Waals surface area contributed by atoms with Gasteiger partial charge >= 0.3 is 0 Å². The summed E-state index contributed by atoms with van der Waals surface area (Å²) in [5.74, 6) is -3.27. The Bertz CT molecular complexity index is 1720. The van der Waals surface area contributed by atoms with Crippen molar-refractivity contribution in [3.8, 4) is 0 Å². The number of aromatic nitrogens is 1. The first kappa shape index (κ1) is 32.6. The molecule has 4 fully saturated rings. The predicted octanol–water partition coefficient (Wildman–Crippen LogP) is 7.43. The van der Waals surface area contributed by atoms with Crippen molar-refractivity contribution in [3.05, 3.63) is 106 Å². The van der Waals surface area contributed by atoms with Crippen LogP contribution in [0.25, 0.3) is 5.57 Å². The molecule has 2 aliphatic heterocycles. The van der Waals surface area contributed by atoms with E-state index >= 15 is 0 Å². The third-order valence-corrected chi connectivity index (χ3v) is 11.2. The Morgan fingerprint density at radius 3 is 2.17 bits per heavy atom. The van der Waals surface area contributed by atoms with Crippen LogP contribution < -0.4 is 10.6 Å². The molecule has 3 aromatic rings. The van der Waals surface area contributed by atoms with Gasteiger partial charge < -0.3 is 15.5 Å². The SMILES string of the molecule is C[C@@H](NC(=O)c1cncc(C2CCN(C(=O)C3(C)CCC(F)(F)C3)CC2)c1)c1ccc(C(=C2CC3(CNC3)C2)c2ccc(F)cc2)cc1. The lowest BCUT2D eigenvalue weighted by Gasteiger charge is -2.52. The van der Waals surface area contributed by atoms with Crippen LogP contribution in [0.3, 0.4) is 0 Å². The van der Waals surface area contributed by atoms with Crippen LogP contribution in [-0.2, 0) is 4.79 Å². The van der Waals surface area contributed by atoms with Crippen LogP contribution >= 0.6 is 0 Å². The first-order valence-electron chi connectivity index (χ1n) is 17.1. The highest BCUT2D eigenvalue weighted by molar-refractivity contribution is 5.94. The number of hydrogen-bond donors (Lipinski definition) is 2. The van der Waals surface area contributed by atoms with Crippen LogP contribution in [0.2, 0.25) is 0 Å². The lowest BCUT2D eigenvalue weighted by molar-refractivity contribution is -0.143. The van der Waals surface area contributed by atoms with E-state index in [9.17, 15) is 22.8 Å². The number of nitrogens with one attached hydrogen (secondary N) is 2. The maximum atomic E-state index is 13.9. The van der Waals surface area contributed by atoms with E-state index in [1.54, 1.807) is 24.2 Å². The second-order valence-electron chi connectivity index (χ2n) is 14.9. The van der Waals surface area contributed by atoms with E-state index in [-0.39, 0.29) is 48.9 Å². The number of hydrogen-bond acceptors (Lipinski definition) is 4. The first-order chi connectivity index (χ1) is 22.9. The van der Waals surface area contributed by atoms with E-state index in [2.05, 4.69) is 27.8 Å². The monoisotopic (exact) mass is 656 g/mol. The summed E-state index contributed by atoms with van der Waals surface area (Å²) in [6.07, 6.45) is 6.44. The predicted molar refractivity (Wildman–Crippen MR) is 179 cm³/mol. The largest absolute Gasteiger partial charge is 0.345 e. The summed E-state index contributed by atoms with van der Waals surface area (Å²) < 4.78 is 41.5. The number of carbonyl (C=O) groups excluding carboxylic acids is 2. The normalized spacial score (nSPS) is 23.7. The van der Waals surface area contributed by atoms with Gasteiger partial charge in [0.1, 0.15) is 5.82 Å². The van der Waals surface area contributed by atoms with Crippen molar-refractivity contribution in [1.29, 1.82) is 0 Å². The molecule has 2 aromatic carbocycles. The van der Waals surface area contributed by atoms with Crippen LogP contribution in [0, 0.1) is 16.6 Å². The van der Waals surface area contributed by atoms with E-state index in [0.29, 0.717) is 36.9 Å². The number of halogens is 3. The minimum absolute atomic E-state index is 0.132. The van der Waals surface area contributed by atoms with E-state index in [0.717, 1.165) is 48.2 Å². The van der Waals surface area contributed by atoms with Crippen LogP contribution in [0.5, 0.6) is 0 Å². The maximum Gasteiger partial charge on any atom is 0.253 e. The number of likely N-dealkylation sites (tertiary alicyclic amines) is 1. The maximum absolute atomic E-state index is 13.9. The molecular formula is C39H43F3N4O2. The molecule has 48 heavy (non-hydrogen) atoms. The fourth-order valence-electron chi connectivity index (χ4n) is 8.24. The number of alkyl halides is 2. The Hall–Kier alpha value is -3.98. The number of carbonyl (C=O) groups is 2. The van der Waals surface area contributed by atoms with Gasteiger partial charge in [-0.05, 0) is 91.0 Å². The third-order valence-electron chi connectivity index (χ3n) is 11.2. The van der Waals surface area contributed by atoms with Crippen molar-refractivity contribution < 1.29 is 22.8 Å². The smallest absolute Gasteiger partial charge is 0.253 e. The number of rotatable bonds is 7. The molecular weight excluding hydrogens is 613 g/mol. The molecule has 0 radical (unpaired) electrons. The quantitative estimate of drug-likeness (QED) is 0.278. The van der Waals surface area contributed by atoms with Crippen LogP contribution in [0.1, 0.15) is 103 Å². The van der Waals surface area contributed by atoms with Gasteiger partial charge in [0.25, 0.3) is 5.91 Å². The molecule has 1 aromatic heterocycles.